The Morgan fingerprint density at radius 1 is 0.630 bits per heavy atom. The molecule has 0 aromatic heterocycles. The topological polar surface area (TPSA) is 99.1 Å². The van der Waals surface area contributed by atoms with Gasteiger partial charge in [-0.2, -0.15) is 0 Å². The smallest absolute Gasteiger partial charge is 0.362 e. The van der Waals surface area contributed by atoms with E-state index < -0.39 is 18.1 Å². The lowest BCUT2D eigenvalue weighted by Crippen LogP contribution is -2.50. The summed E-state index contributed by atoms with van der Waals surface area (Å²) in [6.07, 6.45) is 29.6. The Bertz CT molecular complexity index is 818. The van der Waals surface area contributed by atoms with Crippen LogP contribution >= 0.6 is 0 Å². The van der Waals surface area contributed by atoms with Crippen molar-refractivity contribution >= 4 is 17.9 Å². The van der Waals surface area contributed by atoms with Gasteiger partial charge >= 0.3 is 17.9 Å². The molecule has 2 unspecified atom stereocenters. The summed E-state index contributed by atoms with van der Waals surface area (Å²) >= 11 is 0. The number of aliphatic carboxylic acids is 1. The second-order valence-corrected chi connectivity index (χ2v) is 13.5. The van der Waals surface area contributed by atoms with Crippen molar-refractivity contribution in [2.24, 2.45) is 0 Å². The average molecular weight is 653 g/mol. The Kier molecular flexibility index (Phi) is 28.7. The number of nitrogens with zero attached hydrogens (tertiary/aromatic N) is 1. The maximum atomic E-state index is 12.6. The Labute approximate surface area is 281 Å². The van der Waals surface area contributed by atoms with Crippen LogP contribution in [0.2, 0.25) is 0 Å². The summed E-state index contributed by atoms with van der Waals surface area (Å²) in [7, 11) is 5.49. The number of esters is 2. The zero-order valence-corrected chi connectivity index (χ0v) is 30.3. The SMILES string of the molecule is CCCCCC/C=C/CCC(=O)OCC(COCCC(C(=O)O)[N+](C)(C)C)OC(=O)CCCCC/C=C/CCCCCCCCC. The number of ether oxygens (including phenoxy) is 3. The standard InChI is InChI=1S/C38H69NO7/c1-6-8-10-12-14-16-17-18-19-20-21-23-25-27-29-37(41)46-34(32-44-31-30-35(38(42)43)39(3,4)5)33-45-36(40)28-26-24-22-15-13-11-9-7-2/h19-20,22,24,34-35H,6-18,21,23,25-33H2,1-5H3/p+1/b20-19+,24-22+. The molecule has 0 amide bonds. The molecule has 0 saturated heterocycles. The summed E-state index contributed by atoms with van der Waals surface area (Å²) in [5, 5.41) is 9.55. The Balaban J connectivity index is 4.48. The van der Waals surface area contributed by atoms with Gasteiger partial charge in [-0.1, -0.05) is 102 Å². The summed E-state index contributed by atoms with van der Waals surface area (Å²) in [4.78, 5) is 36.6. The molecule has 0 aliphatic rings. The van der Waals surface area contributed by atoms with Crippen LogP contribution in [0.1, 0.15) is 149 Å². The quantitative estimate of drug-likeness (QED) is 0.0335. The number of carboxylic acid groups (broad SMARTS) is 1. The first kappa shape index (κ1) is 43.8. The first-order valence-corrected chi connectivity index (χ1v) is 18.4. The van der Waals surface area contributed by atoms with E-state index in [1.165, 1.54) is 70.6 Å². The van der Waals surface area contributed by atoms with E-state index >= 15 is 0 Å². The molecular formula is C38H70NO7+. The zero-order valence-electron chi connectivity index (χ0n) is 30.3. The van der Waals surface area contributed by atoms with Crippen LogP contribution in [-0.2, 0) is 28.6 Å². The fourth-order valence-electron chi connectivity index (χ4n) is 5.16. The van der Waals surface area contributed by atoms with Gasteiger partial charge in [0.05, 0.1) is 34.4 Å². The molecule has 0 aromatic rings. The third-order valence-electron chi connectivity index (χ3n) is 8.09. The first-order valence-electron chi connectivity index (χ1n) is 18.4. The lowest BCUT2D eigenvalue weighted by molar-refractivity contribution is -0.887. The van der Waals surface area contributed by atoms with Crippen molar-refractivity contribution in [3.05, 3.63) is 24.3 Å². The van der Waals surface area contributed by atoms with Crippen LogP contribution < -0.4 is 0 Å². The van der Waals surface area contributed by atoms with Gasteiger partial charge in [-0.25, -0.2) is 4.79 Å². The molecule has 0 aliphatic carbocycles. The molecule has 0 rings (SSSR count). The maximum absolute atomic E-state index is 12.6. The average Bonchev–Trinajstić information content (AvgIpc) is 3.00. The molecule has 2 atom stereocenters. The number of quaternary nitrogens is 1. The fraction of sp³-hybridized carbons (Fsp3) is 0.816. The molecule has 0 saturated carbocycles. The molecule has 8 nitrogen and oxygen atoms in total. The number of hydrogen-bond donors (Lipinski definition) is 1. The van der Waals surface area contributed by atoms with Gasteiger partial charge in [-0.3, -0.25) is 9.59 Å². The maximum Gasteiger partial charge on any atom is 0.362 e. The number of rotatable bonds is 32. The van der Waals surface area contributed by atoms with Crippen molar-refractivity contribution in [1.29, 1.82) is 0 Å². The molecule has 1 N–H and O–H groups in total. The lowest BCUT2D eigenvalue weighted by Gasteiger charge is -2.31. The molecule has 268 valence electrons. The number of carbonyl (C=O) groups is 3. The Hall–Kier alpha value is -2.19. The number of unbranched alkanes of at least 4 members (excludes halogenated alkanes) is 14. The van der Waals surface area contributed by atoms with Gasteiger partial charge in [0.1, 0.15) is 6.61 Å². The highest BCUT2D eigenvalue weighted by molar-refractivity contribution is 5.72. The van der Waals surface area contributed by atoms with Gasteiger partial charge in [0.2, 0.25) is 0 Å². The van der Waals surface area contributed by atoms with E-state index in [-0.39, 0.29) is 42.7 Å². The van der Waals surface area contributed by atoms with Crippen LogP contribution in [0.3, 0.4) is 0 Å². The molecule has 0 spiro atoms. The van der Waals surface area contributed by atoms with E-state index in [2.05, 4.69) is 32.1 Å². The van der Waals surface area contributed by atoms with Crippen molar-refractivity contribution in [2.75, 3.05) is 41.0 Å². The number of carbonyl (C=O) groups excluding carboxylic acids is 2. The van der Waals surface area contributed by atoms with E-state index in [4.69, 9.17) is 14.2 Å². The highest BCUT2D eigenvalue weighted by Crippen LogP contribution is 2.12. The second kappa shape index (κ2) is 30.2. The van der Waals surface area contributed by atoms with Gasteiger partial charge in [-0.05, 0) is 51.4 Å². The Morgan fingerprint density at radius 2 is 1.13 bits per heavy atom. The molecule has 0 bridgehead atoms. The van der Waals surface area contributed by atoms with Gasteiger partial charge < -0.3 is 23.8 Å². The normalized spacial score (nSPS) is 13.3. The van der Waals surface area contributed by atoms with E-state index in [1.807, 2.05) is 27.2 Å². The third kappa shape index (κ3) is 28.1. The summed E-state index contributed by atoms with van der Waals surface area (Å²) in [5.74, 6) is -1.56. The molecule has 0 aromatic carbocycles. The molecular weight excluding hydrogens is 582 g/mol. The van der Waals surface area contributed by atoms with Gasteiger partial charge in [0.15, 0.2) is 12.1 Å². The molecule has 0 radical (unpaired) electrons. The monoisotopic (exact) mass is 653 g/mol. The minimum absolute atomic E-state index is 0.0453. The molecule has 8 heteroatoms. The summed E-state index contributed by atoms with van der Waals surface area (Å²) in [5.41, 5.74) is 0. The number of likely N-dealkylation sites (N-methyl/N-ethyl adjacent to an activating group) is 1. The molecule has 0 fully saturated rings. The largest absolute Gasteiger partial charge is 0.477 e. The van der Waals surface area contributed by atoms with Gasteiger partial charge in [0, 0.05) is 19.3 Å². The number of allylic oxidation sites excluding steroid dienone is 4. The molecule has 46 heavy (non-hydrogen) atoms. The Morgan fingerprint density at radius 3 is 1.67 bits per heavy atom. The van der Waals surface area contributed by atoms with Crippen LogP contribution in [0.15, 0.2) is 24.3 Å². The van der Waals surface area contributed by atoms with Gasteiger partial charge in [0.25, 0.3) is 0 Å². The molecule has 0 aliphatic heterocycles. The second-order valence-electron chi connectivity index (χ2n) is 13.5. The number of hydrogen-bond acceptors (Lipinski definition) is 6. The minimum atomic E-state index is -0.883. The predicted molar refractivity (Wildman–Crippen MR) is 188 cm³/mol. The van der Waals surface area contributed by atoms with Crippen LogP contribution in [0.25, 0.3) is 0 Å². The van der Waals surface area contributed by atoms with Crippen molar-refractivity contribution in [1.82, 2.24) is 0 Å². The van der Waals surface area contributed by atoms with E-state index in [9.17, 15) is 19.5 Å². The summed E-state index contributed by atoms with van der Waals surface area (Å²) in [6.45, 7) is 4.61. The van der Waals surface area contributed by atoms with Crippen molar-refractivity contribution in [3.63, 3.8) is 0 Å². The van der Waals surface area contributed by atoms with Crippen LogP contribution in [-0.4, -0.2) is 80.6 Å². The van der Waals surface area contributed by atoms with Crippen molar-refractivity contribution in [3.8, 4) is 0 Å². The zero-order chi connectivity index (χ0) is 34.3. The highest BCUT2D eigenvalue weighted by Gasteiger charge is 2.31. The van der Waals surface area contributed by atoms with Gasteiger partial charge in [-0.15, -0.1) is 0 Å². The van der Waals surface area contributed by atoms with Crippen LogP contribution in [0.4, 0.5) is 0 Å². The van der Waals surface area contributed by atoms with E-state index in [1.54, 1.807) is 0 Å². The van der Waals surface area contributed by atoms with Crippen LogP contribution in [0, 0.1) is 0 Å². The highest BCUT2D eigenvalue weighted by atomic mass is 16.6. The molecule has 0 heterocycles. The van der Waals surface area contributed by atoms with E-state index in [0.29, 0.717) is 19.3 Å². The minimum Gasteiger partial charge on any atom is -0.477 e. The van der Waals surface area contributed by atoms with Crippen molar-refractivity contribution in [2.45, 2.75) is 161 Å². The van der Waals surface area contributed by atoms with Crippen molar-refractivity contribution < 1.29 is 38.2 Å². The number of carboxylic acids is 1. The first-order chi connectivity index (χ1) is 22.1. The summed E-state index contributed by atoms with van der Waals surface area (Å²) < 4.78 is 17.1. The fourth-order valence-corrected chi connectivity index (χ4v) is 5.16. The lowest BCUT2D eigenvalue weighted by atomic mass is 10.1. The predicted octanol–water partition coefficient (Wildman–Crippen LogP) is 8.96. The summed E-state index contributed by atoms with van der Waals surface area (Å²) in [6, 6.07) is -0.617. The van der Waals surface area contributed by atoms with E-state index in [0.717, 1.165) is 38.5 Å². The van der Waals surface area contributed by atoms with Crippen LogP contribution in [0.5, 0.6) is 0 Å². The third-order valence-corrected chi connectivity index (χ3v) is 8.09.